The average Bonchev–Trinajstić information content (AvgIpc) is 3.22. The van der Waals surface area contributed by atoms with E-state index in [-0.39, 0.29) is 23.6 Å². The van der Waals surface area contributed by atoms with Gasteiger partial charge >= 0.3 is 0 Å². The highest BCUT2D eigenvalue weighted by Crippen LogP contribution is 2.36. The average molecular weight is 427 g/mol. The largest absolute Gasteiger partial charge is 0.493 e. The number of carbonyl (C=O) groups is 1. The second-order valence-electron chi connectivity index (χ2n) is 8.56. The van der Waals surface area contributed by atoms with Crippen LogP contribution in [0.2, 0.25) is 0 Å². The molecule has 0 unspecified atom stereocenters. The van der Waals surface area contributed by atoms with Gasteiger partial charge in [-0.25, -0.2) is 4.39 Å². The smallest absolute Gasteiger partial charge is 0.254 e. The first kappa shape index (κ1) is 21.6. The van der Waals surface area contributed by atoms with E-state index in [0.717, 1.165) is 25.2 Å². The summed E-state index contributed by atoms with van der Waals surface area (Å²) in [6.07, 6.45) is 3.75. The molecule has 0 bridgehead atoms. The van der Waals surface area contributed by atoms with Gasteiger partial charge in [0.05, 0.1) is 14.2 Å². The Kier molecular flexibility index (Phi) is 6.76. The van der Waals surface area contributed by atoms with Gasteiger partial charge in [-0.1, -0.05) is 18.6 Å². The lowest BCUT2D eigenvalue weighted by Crippen LogP contribution is -2.36. The first-order chi connectivity index (χ1) is 15.1. The van der Waals surface area contributed by atoms with Crippen molar-refractivity contribution >= 4 is 5.91 Å². The normalized spacial score (nSPS) is 21.8. The number of hydrogen-bond acceptors (Lipinski definition) is 4. The van der Waals surface area contributed by atoms with Crippen LogP contribution in [0.5, 0.6) is 11.5 Å². The van der Waals surface area contributed by atoms with E-state index in [0.29, 0.717) is 30.2 Å². The molecule has 2 saturated heterocycles. The fraction of sp³-hybridized carbons (Fsp3) is 0.480. The summed E-state index contributed by atoms with van der Waals surface area (Å²) in [6, 6.07) is 12.1. The van der Waals surface area contributed by atoms with E-state index in [1.54, 1.807) is 44.6 Å². The molecule has 5 nitrogen and oxygen atoms in total. The Bertz CT molecular complexity index is 913. The number of benzene rings is 2. The standard InChI is InChI=1S/C25H31FN2O3/c1-30-23-10-9-19(14-24(23)31-2)25(29)28-16-20(15-27-11-4-3-5-12-27)22(17-28)18-7-6-8-21(26)13-18/h6-10,13-14,20,22H,3-5,11-12,15-17H2,1-2H3/t20-,22+/m0/s1. The van der Waals surface area contributed by atoms with Crippen LogP contribution < -0.4 is 9.47 Å². The lowest BCUT2D eigenvalue weighted by Gasteiger charge is -2.31. The number of hydrogen-bond donors (Lipinski definition) is 0. The Balaban J connectivity index is 1.56. The molecule has 2 atom stereocenters. The quantitative estimate of drug-likeness (QED) is 0.695. The topological polar surface area (TPSA) is 42.0 Å². The van der Waals surface area contributed by atoms with Crippen molar-refractivity contribution < 1.29 is 18.7 Å². The van der Waals surface area contributed by atoms with E-state index in [2.05, 4.69) is 4.90 Å². The van der Waals surface area contributed by atoms with Gasteiger partial charge in [0.25, 0.3) is 5.91 Å². The van der Waals surface area contributed by atoms with Crippen LogP contribution in [0.3, 0.4) is 0 Å². The summed E-state index contributed by atoms with van der Waals surface area (Å²) >= 11 is 0. The molecule has 0 aromatic heterocycles. The molecule has 2 fully saturated rings. The van der Waals surface area contributed by atoms with Gasteiger partial charge in [0.15, 0.2) is 11.5 Å². The van der Waals surface area contributed by atoms with E-state index in [1.807, 2.05) is 11.0 Å². The summed E-state index contributed by atoms with van der Waals surface area (Å²) in [5.41, 5.74) is 1.55. The second kappa shape index (κ2) is 9.69. The van der Waals surface area contributed by atoms with Gasteiger partial charge in [-0.15, -0.1) is 0 Å². The Labute approximate surface area is 183 Å². The number of nitrogens with zero attached hydrogens (tertiary/aromatic N) is 2. The molecule has 31 heavy (non-hydrogen) atoms. The zero-order valence-corrected chi connectivity index (χ0v) is 18.4. The number of methoxy groups -OCH3 is 2. The predicted molar refractivity (Wildman–Crippen MR) is 118 cm³/mol. The Morgan fingerprint density at radius 3 is 2.48 bits per heavy atom. The molecule has 2 aliphatic heterocycles. The number of amides is 1. The number of halogens is 1. The van der Waals surface area contributed by atoms with Crippen molar-refractivity contribution in [2.45, 2.75) is 25.2 Å². The molecule has 2 aromatic carbocycles. The van der Waals surface area contributed by atoms with Crippen LogP contribution in [-0.2, 0) is 0 Å². The molecule has 6 heteroatoms. The molecule has 0 N–H and O–H groups in total. The van der Waals surface area contributed by atoms with Crippen LogP contribution in [-0.4, -0.2) is 62.7 Å². The first-order valence-electron chi connectivity index (χ1n) is 11.1. The summed E-state index contributed by atoms with van der Waals surface area (Å²) < 4.78 is 24.6. The van der Waals surface area contributed by atoms with Gasteiger partial charge in [0.1, 0.15) is 5.82 Å². The Hall–Kier alpha value is -2.60. The van der Waals surface area contributed by atoms with E-state index in [1.165, 1.54) is 25.3 Å². The predicted octanol–water partition coefficient (Wildman–Crippen LogP) is 4.18. The fourth-order valence-corrected chi connectivity index (χ4v) is 4.96. The minimum atomic E-state index is -0.223. The summed E-state index contributed by atoms with van der Waals surface area (Å²) in [4.78, 5) is 17.8. The third-order valence-electron chi connectivity index (χ3n) is 6.58. The van der Waals surface area contributed by atoms with Gasteiger partial charge < -0.3 is 19.3 Å². The summed E-state index contributed by atoms with van der Waals surface area (Å²) in [7, 11) is 3.14. The second-order valence-corrected chi connectivity index (χ2v) is 8.56. The molecule has 2 aliphatic rings. The molecule has 0 aliphatic carbocycles. The molecule has 2 aromatic rings. The van der Waals surface area contributed by atoms with Crippen LogP contribution in [0, 0.1) is 11.7 Å². The SMILES string of the molecule is COc1ccc(C(=O)N2C[C@H](CN3CCCCC3)[C@@H](c3cccc(F)c3)C2)cc1OC. The summed E-state index contributed by atoms with van der Waals surface area (Å²) in [5.74, 6) is 1.30. The number of rotatable bonds is 6. The molecule has 0 spiro atoms. The molecule has 166 valence electrons. The van der Waals surface area contributed by atoms with Crippen molar-refractivity contribution in [2.75, 3.05) is 46.9 Å². The highest BCUT2D eigenvalue weighted by Gasteiger charge is 2.37. The number of carbonyl (C=O) groups excluding carboxylic acids is 1. The maximum Gasteiger partial charge on any atom is 0.254 e. The van der Waals surface area contributed by atoms with E-state index in [4.69, 9.17) is 9.47 Å². The van der Waals surface area contributed by atoms with Crippen molar-refractivity contribution in [3.05, 3.63) is 59.4 Å². The van der Waals surface area contributed by atoms with Gasteiger partial charge in [-0.3, -0.25) is 4.79 Å². The van der Waals surface area contributed by atoms with Crippen molar-refractivity contribution in [1.29, 1.82) is 0 Å². The van der Waals surface area contributed by atoms with Gasteiger partial charge in [0, 0.05) is 31.1 Å². The third-order valence-corrected chi connectivity index (χ3v) is 6.58. The van der Waals surface area contributed by atoms with Gasteiger partial charge in [-0.2, -0.15) is 0 Å². The van der Waals surface area contributed by atoms with Crippen molar-refractivity contribution in [1.82, 2.24) is 9.80 Å². The van der Waals surface area contributed by atoms with Crippen molar-refractivity contribution in [3.8, 4) is 11.5 Å². The highest BCUT2D eigenvalue weighted by molar-refractivity contribution is 5.95. The molecule has 0 saturated carbocycles. The van der Waals surface area contributed by atoms with Crippen LogP contribution in [0.4, 0.5) is 4.39 Å². The van der Waals surface area contributed by atoms with Gasteiger partial charge in [-0.05, 0) is 67.7 Å². The zero-order chi connectivity index (χ0) is 21.8. The molecule has 4 rings (SSSR count). The lowest BCUT2D eigenvalue weighted by atomic mass is 9.88. The summed E-state index contributed by atoms with van der Waals surface area (Å²) in [6.45, 7) is 4.42. The van der Waals surface area contributed by atoms with Gasteiger partial charge in [0.2, 0.25) is 0 Å². The van der Waals surface area contributed by atoms with Crippen molar-refractivity contribution in [2.24, 2.45) is 5.92 Å². The first-order valence-corrected chi connectivity index (χ1v) is 11.1. The minimum absolute atomic E-state index is 0.0245. The highest BCUT2D eigenvalue weighted by atomic mass is 19.1. The van der Waals surface area contributed by atoms with Crippen molar-refractivity contribution in [3.63, 3.8) is 0 Å². The minimum Gasteiger partial charge on any atom is -0.493 e. The van der Waals surface area contributed by atoms with E-state index >= 15 is 0 Å². The molecule has 2 heterocycles. The molecular weight excluding hydrogens is 395 g/mol. The Morgan fingerprint density at radius 1 is 1.00 bits per heavy atom. The molecule has 1 amide bonds. The monoisotopic (exact) mass is 426 g/mol. The third kappa shape index (κ3) is 4.85. The number of ether oxygens (including phenoxy) is 2. The number of likely N-dealkylation sites (tertiary alicyclic amines) is 2. The number of piperidine rings is 1. The van der Waals surface area contributed by atoms with Crippen LogP contribution in [0.1, 0.15) is 41.1 Å². The molecule has 0 radical (unpaired) electrons. The maximum atomic E-state index is 14.0. The maximum absolute atomic E-state index is 14.0. The molecular formula is C25H31FN2O3. The van der Waals surface area contributed by atoms with Crippen LogP contribution >= 0.6 is 0 Å². The summed E-state index contributed by atoms with van der Waals surface area (Å²) in [5, 5.41) is 0. The van der Waals surface area contributed by atoms with E-state index < -0.39 is 0 Å². The zero-order valence-electron chi connectivity index (χ0n) is 18.4. The van der Waals surface area contributed by atoms with Crippen LogP contribution in [0.25, 0.3) is 0 Å². The Morgan fingerprint density at radius 2 is 1.77 bits per heavy atom. The lowest BCUT2D eigenvalue weighted by molar-refractivity contribution is 0.0781. The van der Waals surface area contributed by atoms with Crippen LogP contribution in [0.15, 0.2) is 42.5 Å². The fourth-order valence-electron chi connectivity index (χ4n) is 4.96. The van der Waals surface area contributed by atoms with E-state index in [9.17, 15) is 9.18 Å².